The van der Waals surface area contributed by atoms with Crippen molar-refractivity contribution in [3.8, 4) is 0 Å². The van der Waals surface area contributed by atoms with Crippen LogP contribution in [-0.4, -0.2) is 16.8 Å². The van der Waals surface area contributed by atoms with Crippen molar-refractivity contribution in [2.75, 3.05) is 12.4 Å². The summed E-state index contributed by atoms with van der Waals surface area (Å²) in [4.78, 5) is 0. The lowest BCUT2D eigenvalue weighted by molar-refractivity contribution is 0.331. The topological polar surface area (TPSA) is 29.9 Å². The molecule has 0 amide bonds. The van der Waals surface area contributed by atoms with Gasteiger partial charge in [-0.25, -0.2) is 0 Å². The Morgan fingerprint density at radius 2 is 2.05 bits per heavy atom. The summed E-state index contributed by atoms with van der Waals surface area (Å²) in [6, 6.07) is 5.09. The molecule has 19 heavy (non-hydrogen) atoms. The second kappa shape index (κ2) is 5.24. The lowest BCUT2D eigenvalue weighted by Crippen LogP contribution is -2.12. The Hall–Kier alpha value is -1.51. The van der Waals surface area contributed by atoms with Crippen LogP contribution in [0.3, 0.4) is 0 Å². The molecule has 102 valence electrons. The first kappa shape index (κ1) is 12.5. The number of fused-ring (bicyclic) bond motifs is 1. The molecule has 1 N–H and O–H groups in total. The average molecular weight is 257 g/mol. The van der Waals surface area contributed by atoms with Crippen molar-refractivity contribution in [3.63, 3.8) is 0 Å². The first-order valence-corrected chi connectivity index (χ1v) is 7.51. The zero-order chi connectivity index (χ0) is 13.2. The number of rotatable bonds is 3. The van der Waals surface area contributed by atoms with Gasteiger partial charge in [-0.3, -0.25) is 4.68 Å². The summed E-state index contributed by atoms with van der Waals surface area (Å²) >= 11 is 0. The summed E-state index contributed by atoms with van der Waals surface area (Å²) in [7, 11) is 1.99. The van der Waals surface area contributed by atoms with E-state index in [2.05, 4.69) is 35.3 Å². The van der Waals surface area contributed by atoms with Crippen LogP contribution in [0.2, 0.25) is 0 Å². The summed E-state index contributed by atoms with van der Waals surface area (Å²) in [6.45, 7) is 2.19. The first-order chi connectivity index (χ1) is 9.31. The molecule has 0 atom stereocenters. The molecule has 1 fully saturated rings. The fourth-order valence-corrected chi connectivity index (χ4v) is 3.19. The number of aromatic nitrogens is 2. The Kier molecular flexibility index (Phi) is 3.45. The summed E-state index contributed by atoms with van der Waals surface area (Å²) in [5.74, 6) is 0. The lowest BCUT2D eigenvalue weighted by atomic mass is 9.96. The van der Waals surface area contributed by atoms with Crippen LogP contribution in [-0.2, 0) is 6.42 Å². The lowest BCUT2D eigenvalue weighted by Gasteiger charge is -2.21. The molecule has 0 saturated heterocycles. The van der Waals surface area contributed by atoms with Crippen molar-refractivity contribution < 1.29 is 0 Å². The van der Waals surface area contributed by atoms with Crippen molar-refractivity contribution in [1.29, 1.82) is 0 Å². The quantitative estimate of drug-likeness (QED) is 0.895. The standard InChI is InChI=1S/C16H23N3/c1-3-12-9-16-13(10-15(12)17-2)11-19(18-16)14-7-5-4-6-8-14/h9-11,14,17H,3-8H2,1-2H3. The number of anilines is 1. The summed E-state index contributed by atoms with van der Waals surface area (Å²) < 4.78 is 2.21. The minimum absolute atomic E-state index is 0.615. The predicted octanol–water partition coefficient (Wildman–Crippen LogP) is 4.15. The number of benzene rings is 1. The van der Waals surface area contributed by atoms with Crippen molar-refractivity contribution in [2.45, 2.75) is 51.5 Å². The molecule has 1 saturated carbocycles. The van der Waals surface area contributed by atoms with E-state index in [4.69, 9.17) is 5.10 Å². The molecule has 0 bridgehead atoms. The van der Waals surface area contributed by atoms with Crippen LogP contribution in [0.4, 0.5) is 5.69 Å². The minimum Gasteiger partial charge on any atom is -0.388 e. The van der Waals surface area contributed by atoms with Gasteiger partial charge in [-0.05, 0) is 37.0 Å². The zero-order valence-electron chi connectivity index (χ0n) is 11.9. The third-order valence-electron chi connectivity index (χ3n) is 4.35. The second-order valence-electron chi connectivity index (χ2n) is 5.57. The van der Waals surface area contributed by atoms with Crippen LogP contribution in [0.15, 0.2) is 18.3 Å². The van der Waals surface area contributed by atoms with Gasteiger partial charge >= 0.3 is 0 Å². The Morgan fingerprint density at radius 3 is 2.74 bits per heavy atom. The molecule has 1 aliphatic rings. The van der Waals surface area contributed by atoms with Crippen molar-refractivity contribution >= 4 is 16.6 Å². The molecule has 0 spiro atoms. The minimum atomic E-state index is 0.615. The van der Waals surface area contributed by atoms with Crippen LogP contribution in [0.25, 0.3) is 10.9 Å². The molecule has 3 nitrogen and oxygen atoms in total. The summed E-state index contributed by atoms with van der Waals surface area (Å²) in [6.07, 6.45) is 9.93. The Balaban J connectivity index is 1.99. The molecule has 1 heterocycles. The smallest absolute Gasteiger partial charge is 0.0927 e. The van der Waals surface area contributed by atoms with Crippen molar-refractivity contribution in [3.05, 3.63) is 23.9 Å². The van der Waals surface area contributed by atoms with Crippen LogP contribution < -0.4 is 5.32 Å². The molecule has 2 aromatic rings. The van der Waals surface area contributed by atoms with Gasteiger partial charge in [0.15, 0.2) is 0 Å². The fraction of sp³-hybridized carbons (Fsp3) is 0.562. The van der Waals surface area contributed by atoms with E-state index in [1.807, 2.05) is 7.05 Å². The molecular formula is C16H23N3. The van der Waals surface area contributed by atoms with Gasteiger partial charge < -0.3 is 5.32 Å². The molecule has 3 heteroatoms. The maximum atomic E-state index is 4.81. The monoisotopic (exact) mass is 257 g/mol. The second-order valence-corrected chi connectivity index (χ2v) is 5.57. The van der Waals surface area contributed by atoms with Gasteiger partial charge in [-0.1, -0.05) is 26.2 Å². The molecular weight excluding hydrogens is 234 g/mol. The van der Waals surface area contributed by atoms with Gasteiger partial charge in [0.05, 0.1) is 11.6 Å². The SMILES string of the molecule is CCc1cc2nn(C3CCCCC3)cc2cc1NC. The highest BCUT2D eigenvalue weighted by Gasteiger charge is 2.17. The van der Waals surface area contributed by atoms with E-state index >= 15 is 0 Å². The molecule has 0 unspecified atom stereocenters. The van der Waals surface area contributed by atoms with E-state index in [9.17, 15) is 0 Å². The molecule has 0 radical (unpaired) electrons. The molecule has 0 aliphatic heterocycles. The molecule has 1 aromatic heterocycles. The van der Waals surface area contributed by atoms with Crippen LogP contribution in [0, 0.1) is 0 Å². The Bertz CT molecular complexity index is 524. The summed E-state index contributed by atoms with van der Waals surface area (Å²) in [5.41, 5.74) is 3.73. The van der Waals surface area contributed by atoms with E-state index < -0.39 is 0 Å². The number of hydrogen-bond acceptors (Lipinski definition) is 2. The van der Waals surface area contributed by atoms with E-state index in [-0.39, 0.29) is 0 Å². The van der Waals surface area contributed by atoms with Gasteiger partial charge in [0, 0.05) is 24.3 Å². The first-order valence-electron chi connectivity index (χ1n) is 7.51. The third kappa shape index (κ3) is 2.34. The van der Waals surface area contributed by atoms with E-state index in [1.165, 1.54) is 48.7 Å². The third-order valence-corrected chi connectivity index (χ3v) is 4.35. The number of hydrogen-bond donors (Lipinski definition) is 1. The van der Waals surface area contributed by atoms with Gasteiger partial charge in [0.25, 0.3) is 0 Å². The number of nitrogens with zero attached hydrogens (tertiary/aromatic N) is 2. The van der Waals surface area contributed by atoms with Crippen LogP contribution in [0.1, 0.15) is 50.6 Å². The average Bonchev–Trinajstić information content (AvgIpc) is 2.89. The highest BCUT2D eigenvalue weighted by atomic mass is 15.3. The van der Waals surface area contributed by atoms with Crippen LogP contribution in [0.5, 0.6) is 0 Å². The van der Waals surface area contributed by atoms with E-state index in [1.54, 1.807) is 0 Å². The predicted molar refractivity (Wildman–Crippen MR) is 80.8 cm³/mol. The van der Waals surface area contributed by atoms with E-state index in [0.717, 1.165) is 11.9 Å². The fourth-order valence-electron chi connectivity index (χ4n) is 3.19. The van der Waals surface area contributed by atoms with Crippen molar-refractivity contribution in [2.24, 2.45) is 0 Å². The van der Waals surface area contributed by atoms with Gasteiger partial charge in [-0.2, -0.15) is 5.10 Å². The van der Waals surface area contributed by atoms with E-state index in [0.29, 0.717) is 6.04 Å². The summed E-state index contributed by atoms with van der Waals surface area (Å²) in [5, 5.41) is 9.36. The highest BCUT2D eigenvalue weighted by Crippen LogP contribution is 2.30. The highest BCUT2D eigenvalue weighted by molar-refractivity contribution is 5.83. The van der Waals surface area contributed by atoms with Gasteiger partial charge in [0.2, 0.25) is 0 Å². The Labute approximate surface area is 115 Å². The van der Waals surface area contributed by atoms with Gasteiger partial charge in [0.1, 0.15) is 0 Å². The number of nitrogens with one attached hydrogen (secondary N) is 1. The molecule has 1 aromatic carbocycles. The zero-order valence-corrected chi connectivity index (χ0v) is 11.9. The molecule has 3 rings (SSSR count). The van der Waals surface area contributed by atoms with Crippen molar-refractivity contribution in [1.82, 2.24) is 9.78 Å². The Morgan fingerprint density at radius 1 is 1.26 bits per heavy atom. The number of aryl methyl sites for hydroxylation is 1. The maximum absolute atomic E-state index is 4.81. The van der Waals surface area contributed by atoms with Crippen LogP contribution >= 0.6 is 0 Å². The maximum Gasteiger partial charge on any atom is 0.0927 e. The van der Waals surface area contributed by atoms with Gasteiger partial charge in [-0.15, -0.1) is 0 Å². The largest absolute Gasteiger partial charge is 0.388 e. The normalized spacial score (nSPS) is 16.9. The molecule has 1 aliphatic carbocycles.